The molecule has 25 heavy (non-hydrogen) atoms. The smallest absolute Gasteiger partial charge is 0.292 e. The number of rotatable bonds is 8. The van der Waals surface area contributed by atoms with E-state index in [-0.39, 0.29) is 23.4 Å². The molecule has 6 nitrogen and oxygen atoms in total. The lowest BCUT2D eigenvalue weighted by Gasteiger charge is -2.16. The van der Waals surface area contributed by atoms with E-state index in [1.165, 1.54) is 11.6 Å². The number of carbonyl (C=O) groups is 1. The summed E-state index contributed by atoms with van der Waals surface area (Å²) in [5.41, 5.74) is 1.81. The first-order chi connectivity index (χ1) is 12.1. The van der Waals surface area contributed by atoms with E-state index >= 15 is 0 Å². The van der Waals surface area contributed by atoms with Crippen LogP contribution in [0.1, 0.15) is 24.8 Å². The number of carbonyl (C=O) groups excluding carboxylic acids is 1. The molecule has 0 unspecified atom stereocenters. The van der Waals surface area contributed by atoms with Crippen LogP contribution in [-0.2, 0) is 10.2 Å². The monoisotopic (exact) mass is 339 g/mol. The van der Waals surface area contributed by atoms with Gasteiger partial charge in [-0.3, -0.25) is 14.9 Å². The average molecular weight is 339 g/mol. The van der Waals surface area contributed by atoms with E-state index in [4.69, 9.17) is 0 Å². The Bertz CT molecular complexity index is 758. The summed E-state index contributed by atoms with van der Waals surface area (Å²) in [5.74, 6) is -0.0479. The summed E-state index contributed by atoms with van der Waals surface area (Å²) >= 11 is 0. The molecule has 1 amide bonds. The fraction of sp³-hybridized carbons (Fsp3) is 0.316. The minimum absolute atomic E-state index is 0.0175. The normalized spacial score (nSPS) is 14.6. The van der Waals surface area contributed by atoms with Gasteiger partial charge < -0.3 is 10.6 Å². The van der Waals surface area contributed by atoms with Crippen molar-refractivity contribution in [2.75, 3.05) is 18.4 Å². The Hall–Kier alpha value is -2.89. The molecule has 2 aromatic rings. The third kappa shape index (κ3) is 4.15. The number of nitro benzene ring substituents is 1. The van der Waals surface area contributed by atoms with Gasteiger partial charge in [-0.1, -0.05) is 42.5 Å². The number of amides is 1. The van der Waals surface area contributed by atoms with Crippen molar-refractivity contribution in [1.82, 2.24) is 5.32 Å². The molecule has 130 valence electrons. The van der Waals surface area contributed by atoms with Crippen LogP contribution < -0.4 is 10.6 Å². The number of benzene rings is 2. The molecule has 3 rings (SSSR count). The Kier molecular flexibility index (Phi) is 4.97. The van der Waals surface area contributed by atoms with Gasteiger partial charge in [0, 0.05) is 31.0 Å². The first-order valence-corrected chi connectivity index (χ1v) is 8.40. The molecule has 0 heterocycles. The molecule has 0 aliphatic heterocycles. The van der Waals surface area contributed by atoms with Gasteiger partial charge in [0.05, 0.1) is 4.92 Å². The average Bonchev–Trinajstić information content (AvgIpc) is 3.42. The maximum atomic E-state index is 12.1. The summed E-state index contributed by atoms with van der Waals surface area (Å²) in [4.78, 5) is 22.6. The van der Waals surface area contributed by atoms with Crippen LogP contribution in [0.4, 0.5) is 11.4 Å². The van der Waals surface area contributed by atoms with Crippen LogP contribution in [-0.4, -0.2) is 23.9 Å². The van der Waals surface area contributed by atoms with Crippen molar-refractivity contribution in [2.45, 2.75) is 24.7 Å². The molecule has 1 aliphatic rings. The highest BCUT2D eigenvalue weighted by Crippen LogP contribution is 2.47. The van der Waals surface area contributed by atoms with Gasteiger partial charge in [-0.25, -0.2) is 0 Å². The van der Waals surface area contributed by atoms with Gasteiger partial charge in [0.2, 0.25) is 5.91 Å². The van der Waals surface area contributed by atoms with E-state index in [1.54, 1.807) is 18.2 Å². The predicted octanol–water partition coefficient (Wildman–Crippen LogP) is 3.24. The number of nitrogens with one attached hydrogen (secondary N) is 2. The lowest BCUT2D eigenvalue weighted by molar-refractivity contribution is -0.384. The minimum Gasteiger partial charge on any atom is -0.379 e. The van der Waals surface area contributed by atoms with Crippen molar-refractivity contribution in [3.63, 3.8) is 0 Å². The van der Waals surface area contributed by atoms with Crippen LogP contribution in [0.15, 0.2) is 54.6 Å². The van der Waals surface area contributed by atoms with Gasteiger partial charge in [-0.05, 0) is 24.5 Å². The van der Waals surface area contributed by atoms with Crippen LogP contribution in [0, 0.1) is 10.1 Å². The molecule has 2 aromatic carbocycles. The second kappa shape index (κ2) is 7.34. The summed E-state index contributed by atoms with van der Waals surface area (Å²) < 4.78 is 0. The lowest BCUT2D eigenvalue weighted by atomic mass is 9.96. The number of anilines is 1. The molecular weight excluding hydrogens is 318 g/mol. The van der Waals surface area contributed by atoms with Gasteiger partial charge in [-0.15, -0.1) is 0 Å². The van der Waals surface area contributed by atoms with Gasteiger partial charge in [0.15, 0.2) is 0 Å². The van der Waals surface area contributed by atoms with E-state index in [2.05, 4.69) is 22.8 Å². The van der Waals surface area contributed by atoms with Crippen molar-refractivity contribution >= 4 is 17.3 Å². The Morgan fingerprint density at radius 3 is 2.44 bits per heavy atom. The number of hydrogen-bond acceptors (Lipinski definition) is 4. The zero-order valence-corrected chi connectivity index (χ0v) is 13.9. The third-order valence-corrected chi connectivity index (χ3v) is 4.63. The largest absolute Gasteiger partial charge is 0.379 e. The molecule has 2 N–H and O–H groups in total. The second-order valence-electron chi connectivity index (χ2n) is 6.37. The molecule has 0 saturated heterocycles. The first kappa shape index (κ1) is 17.0. The summed E-state index contributed by atoms with van der Waals surface area (Å²) in [6.07, 6.45) is 2.45. The summed E-state index contributed by atoms with van der Waals surface area (Å²) in [6.45, 7) is 0.996. The van der Waals surface area contributed by atoms with E-state index in [0.29, 0.717) is 18.8 Å². The number of nitrogens with zero attached hydrogens (tertiary/aromatic N) is 1. The van der Waals surface area contributed by atoms with E-state index in [1.807, 2.05) is 18.2 Å². The Morgan fingerprint density at radius 1 is 1.08 bits per heavy atom. The van der Waals surface area contributed by atoms with Gasteiger partial charge >= 0.3 is 0 Å². The zero-order chi connectivity index (χ0) is 17.7. The van der Waals surface area contributed by atoms with Crippen molar-refractivity contribution in [2.24, 2.45) is 0 Å². The Balaban J connectivity index is 1.46. The lowest BCUT2D eigenvalue weighted by Crippen LogP contribution is -2.33. The van der Waals surface area contributed by atoms with E-state index in [9.17, 15) is 14.9 Å². The zero-order valence-electron chi connectivity index (χ0n) is 13.9. The predicted molar refractivity (Wildman–Crippen MR) is 96.6 cm³/mol. The second-order valence-corrected chi connectivity index (χ2v) is 6.37. The van der Waals surface area contributed by atoms with Crippen LogP contribution in [0.25, 0.3) is 0 Å². The van der Waals surface area contributed by atoms with Crippen molar-refractivity contribution < 1.29 is 9.72 Å². The summed E-state index contributed by atoms with van der Waals surface area (Å²) in [5, 5.41) is 16.9. The minimum atomic E-state index is -0.431. The Morgan fingerprint density at radius 2 is 1.76 bits per heavy atom. The quantitative estimate of drug-likeness (QED) is 0.571. The molecule has 0 atom stereocenters. The van der Waals surface area contributed by atoms with Crippen molar-refractivity contribution in [3.05, 3.63) is 70.3 Å². The van der Waals surface area contributed by atoms with Crippen LogP contribution >= 0.6 is 0 Å². The van der Waals surface area contributed by atoms with Crippen LogP contribution in [0.3, 0.4) is 0 Å². The van der Waals surface area contributed by atoms with Gasteiger partial charge in [0.1, 0.15) is 5.69 Å². The van der Waals surface area contributed by atoms with E-state index in [0.717, 1.165) is 12.8 Å². The highest BCUT2D eigenvalue weighted by atomic mass is 16.6. The van der Waals surface area contributed by atoms with Crippen LogP contribution in [0.5, 0.6) is 0 Å². The number of para-hydroxylation sites is 2. The SMILES string of the molecule is O=C(CCNc1ccccc1[N+](=O)[O-])NCC1(c2ccccc2)CC1. The maximum absolute atomic E-state index is 12.1. The van der Waals surface area contributed by atoms with E-state index < -0.39 is 4.92 Å². The molecule has 1 saturated carbocycles. The fourth-order valence-corrected chi connectivity index (χ4v) is 2.96. The van der Waals surface area contributed by atoms with Crippen LogP contribution in [0.2, 0.25) is 0 Å². The molecule has 0 bridgehead atoms. The van der Waals surface area contributed by atoms with Gasteiger partial charge in [0.25, 0.3) is 5.69 Å². The fourth-order valence-electron chi connectivity index (χ4n) is 2.96. The standard InChI is InChI=1S/C19H21N3O3/c23-18(10-13-20-16-8-4-5-9-17(16)22(24)25)21-14-19(11-12-19)15-6-2-1-3-7-15/h1-9,20H,10-14H2,(H,21,23). The summed E-state index contributed by atoms with van der Waals surface area (Å²) in [7, 11) is 0. The Labute approximate surface area is 146 Å². The highest BCUT2D eigenvalue weighted by molar-refractivity contribution is 5.77. The molecule has 1 fully saturated rings. The summed E-state index contributed by atoms with van der Waals surface area (Å²) in [6, 6.07) is 16.7. The molecule has 6 heteroatoms. The first-order valence-electron chi connectivity index (χ1n) is 8.40. The van der Waals surface area contributed by atoms with Crippen molar-refractivity contribution in [3.8, 4) is 0 Å². The topological polar surface area (TPSA) is 84.3 Å². The highest BCUT2D eigenvalue weighted by Gasteiger charge is 2.44. The number of hydrogen-bond donors (Lipinski definition) is 2. The maximum Gasteiger partial charge on any atom is 0.292 e. The third-order valence-electron chi connectivity index (χ3n) is 4.63. The molecule has 0 spiro atoms. The van der Waals surface area contributed by atoms with Gasteiger partial charge in [-0.2, -0.15) is 0 Å². The molecular formula is C19H21N3O3. The molecule has 0 radical (unpaired) electrons. The molecule has 0 aromatic heterocycles. The molecule has 1 aliphatic carbocycles. The van der Waals surface area contributed by atoms with Crippen molar-refractivity contribution in [1.29, 1.82) is 0 Å². The number of nitro groups is 1.